The highest BCUT2D eigenvalue weighted by Gasteiger charge is 2.23. The van der Waals surface area contributed by atoms with Gasteiger partial charge in [0.2, 0.25) is 0 Å². The summed E-state index contributed by atoms with van der Waals surface area (Å²) in [5.41, 5.74) is 5.23. The fourth-order valence-corrected chi connectivity index (χ4v) is 3.16. The van der Waals surface area contributed by atoms with E-state index < -0.39 is 0 Å². The van der Waals surface area contributed by atoms with Crippen LogP contribution in [0, 0.1) is 5.92 Å². The van der Waals surface area contributed by atoms with Crippen LogP contribution in [0.3, 0.4) is 0 Å². The van der Waals surface area contributed by atoms with Gasteiger partial charge in [0.05, 0.1) is 0 Å². The number of carbonyl (C=O) groups is 1. The summed E-state index contributed by atoms with van der Waals surface area (Å²) in [5.74, 6) is -0.0492. The molecule has 0 spiro atoms. The van der Waals surface area contributed by atoms with Crippen LogP contribution >= 0.6 is 0 Å². The van der Waals surface area contributed by atoms with Crippen LogP contribution in [0.5, 0.6) is 0 Å². The first-order valence-electron chi connectivity index (χ1n) is 9.10. The van der Waals surface area contributed by atoms with E-state index in [1.54, 1.807) is 0 Å². The first kappa shape index (κ1) is 20.5. The zero-order chi connectivity index (χ0) is 18.1. The van der Waals surface area contributed by atoms with E-state index in [0.717, 1.165) is 44.1 Å². The van der Waals surface area contributed by atoms with E-state index in [9.17, 15) is 4.79 Å². The first-order chi connectivity index (χ1) is 11.3. The van der Waals surface area contributed by atoms with Crippen molar-refractivity contribution < 1.29 is 9.53 Å². The number of carbonyl (C=O) groups excluding carboxylic acids is 1. The molecule has 0 saturated heterocycles. The Morgan fingerprint density at radius 3 is 2.08 bits per heavy atom. The molecule has 2 nitrogen and oxygen atoms in total. The zero-order valence-corrected chi connectivity index (χ0v) is 16.2. The Bertz CT molecular complexity index is 534. The Morgan fingerprint density at radius 2 is 1.54 bits per heavy atom. The summed E-state index contributed by atoms with van der Waals surface area (Å²) in [6, 6.07) is 0. The number of hydrogen-bond donors (Lipinski definition) is 0. The van der Waals surface area contributed by atoms with E-state index in [1.165, 1.54) is 23.6 Å². The van der Waals surface area contributed by atoms with E-state index in [2.05, 4.69) is 45.6 Å². The van der Waals surface area contributed by atoms with Gasteiger partial charge in [-0.3, -0.25) is 4.79 Å². The third kappa shape index (κ3) is 7.81. The largest absolute Gasteiger partial charge is 0.458 e. The lowest BCUT2D eigenvalue weighted by molar-refractivity contribution is -0.145. The monoisotopic (exact) mass is 330 g/mol. The summed E-state index contributed by atoms with van der Waals surface area (Å²) in [6.07, 6.45) is 12.9. The molecule has 1 rings (SSSR count). The highest BCUT2D eigenvalue weighted by atomic mass is 16.5. The Labute approximate surface area is 148 Å². The standard InChI is InChI=1S/C22H34O2/c1-16(2)21-14-13-18(4)11-7-9-17(3)10-8-12-19(5)15-22(21)24-20(6)23/h10-11,15,21-22H,1,7-9,12-14H2,2-6H3/b17-10+,18-11+,19-15+/t21-,22+/m0/s1. The van der Waals surface area contributed by atoms with E-state index in [1.807, 2.05) is 6.92 Å². The Hall–Kier alpha value is -1.57. The first-order valence-corrected chi connectivity index (χ1v) is 9.10. The molecule has 24 heavy (non-hydrogen) atoms. The van der Waals surface area contributed by atoms with Crippen LogP contribution < -0.4 is 0 Å². The Kier molecular flexibility index (Phi) is 8.81. The summed E-state index contributed by atoms with van der Waals surface area (Å²) in [6.45, 7) is 14.2. The predicted molar refractivity (Wildman–Crippen MR) is 103 cm³/mol. The number of hydrogen-bond acceptors (Lipinski definition) is 2. The lowest BCUT2D eigenvalue weighted by Gasteiger charge is -2.26. The van der Waals surface area contributed by atoms with E-state index in [4.69, 9.17) is 4.74 Å². The van der Waals surface area contributed by atoms with Gasteiger partial charge in [-0.1, -0.05) is 41.0 Å². The van der Waals surface area contributed by atoms with Crippen LogP contribution in [0.2, 0.25) is 0 Å². The van der Waals surface area contributed by atoms with Gasteiger partial charge in [-0.2, -0.15) is 0 Å². The minimum atomic E-state index is -0.223. The molecular weight excluding hydrogens is 296 g/mol. The second-order valence-electron chi connectivity index (χ2n) is 7.26. The molecule has 0 radical (unpaired) electrons. The molecule has 2 heteroatoms. The van der Waals surface area contributed by atoms with Crippen molar-refractivity contribution in [3.05, 3.63) is 47.1 Å². The average Bonchev–Trinajstić information content (AvgIpc) is 2.45. The van der Waals surface area contributed by atoms with Crippen molar-refractivity contribution in [3.63, 3.8) is 0 Å². The van der Waals surface area contributed by atoms with Crippen LogP contribution in [0.4, 0.5) is 0 Å². The SMILES string of the molecule is C=C(C)[C@@H]1CC/C(C)=C/CC/C(C)=C/CC/C(C)=C/[C@H]1OC(C)=O. The molecule has 0 aromatic rings. The van der Waals surface area contributed by atoms with E-state index in [-0.39, 0.29) is 18.0 Å². The van der Waals surface area contributed by atoms with Crippen molar-refractivity contribution in [3.8, 4) is 0 Å². The molecule has 134 valence electrons. The lowest BCUT2D eigenvalue weighted by Crippen LogP contribution is -2.25. The van der Waals surface area contributed by atoms with Gasteiger partial charge >= 0.3 is 5.97 Å². The van der Waals surface area contributed by atoms with Crippen LogP contribution in [-0.4, -0.2) is 12.1 Å². The van der Waals surface area contributed by atoms with Crippen molar-refractivity contribution in [2.45, 2.75) is 79.2 Å². The normalized spacial score (nSPS) is 30.6. The van der Waals surface area contributed by atoms with E-state index in [0.29, 0.717) is 0 Å². The molecule has 0 unspecified atom stereocenters. The van der Waals surface area contributed by atoms with Gasteiger partial charge < -0.3 is 4.74 Å². The summed E-state index contributed by atoms with van der Waals surface area (Å²) in [4.78, 5) is 11.6. The molecule has 0 bridgehead atoms. The van der Waals surface area contributed by atoms with Gasteiger partial charge in [0, 0.05) is 12.8 Å². The maximum atomic E-state index is 11.6. The molecule has 1 aliphatic carbocycles. The summed E-state index contributed by atoms with van der Waals surface area (Å²) in [7, 11) is 0. The third-order valence-corrected chi connectivity index (χ3v) is 4.69. The zero-order valence-electron chi connectivity index (χ0n) is 16.2. The minimum Gasteiger partial charge on any atom is -0.458 e. The van der Waals surface area contributed by atoms with Crippen molar-refractivity contribution in [2.75, 3.05) is 0 Å². The molecule has 2 atom stereocenters. The number of ether oxygens (including phenoxy) is 1. The molecule has 0 saturated carbocycles. The van der Waals surface area contributed by atoms with Crippen LogP contribution in [-0.2, 0) is 9.53 Å². The predicted octanol–water partition coefficient (Wildman–Crippen LogP) is 6.30. The Morgan fingerprint density at radius 1 is 1.00 bits per heavy atom. The maximum absolute atomic E-state index is 11.6. The van der Waals surface area contributed by atoms with Gasteiger partial charge in [0.1, 0.15) is 6.10 Å². The minimum absolute atomic E-state index is 0.174. The van der Waals surface area contributed by atoms with Crippen LogP contribution in [0.15, 0.2) is 47.1 Å². The number of allylic oxidation sites excluding steroid dienone is 5. The molecule has 0 heterocycles. The fraction of sp³-hybridized carbons (Fsp3) is 0.591. The van der Waals surface area contributed by atoms with Crippen molar-refractivity contribution in [1.82, 2.24) is 0 Å². The summed E-state index contributed by atoms with van der Waals surface area (Å²) >= 11 is 0. The van der Waals surface area contributed by atoms with Crippen molar-refractivity contribution in [1.29, 1.82) is 0 Å². The topological polar surface area (TPSA) is 26.3 Å². The number of rotatable bonds is 2. The highest BCUT2D eigenvalue weighted by molar-refractivity contribution is 5.66. The Balaban J connectivity index is 3.08. The second kappa shape index (κ2) is 10.3. The van der Waals surface area contributed by atoms with Crippen LogP contribution in [0.1, 0.15) is 73.1 Å². The molecule has 0 aliphatic heterocycles. The van der Waals surface area contributed by atoms with Crippen molar-refractivity contribution in [2.24, 2.45) is 5.92 Å². The molecule has 0 amide bonds. The lowest BCUT2D eigenvalue weighted by atomic mass is 9.87. The van der Waals surface area contributed by atoms with Gasteiger partial charge in [-0.25, -0.2) is 0 Å². The molecule has 0 fully saturated rings. The van der Waals surface area contributed by atoms with Gasteiger partial charge in [0.15, 0.2) is 0 Å². The smallest absolute Gasteiger partial charge is 0.303 e. The van der Waals surface area contributed by atoms with E-state index >= 15 is 0 Å². The van der Waals surface area contributed by atoms with Crippen molar-refractivity contribution >= 4 is 5.97 Å². The second-order valence-corrected chi connectivity index (χ2v) is 7.26. The van der Waals surface area contributed by atoms with Gasteiger partial charge in [0.25, 0.3) is 0 Å². The third-order valence-electron chi connectivity index (χ3n) is 4.69. The number of esters is 1. The van der Waals surface area contributed by atoms with Gasteiger partial charge in [-0.15, -0.1) is 0 Å². The molecule has 1 aliphatic rings. The average molecular weight is 331 g/mol. The molecule has 0 aromatic carbocycles. The quantitative estimate of drug-likeness (QED) is 0.438. The van der Waals surface area contributed by atoms with Gasteiger partial charge in [-0.05, 0) is 72.3 Å². The fourth-order valence-electron chi connectivity index (χ4n) is 3.16. The molecule has 0 N–H and O–H groups in total. The molecule has 0 aromatic heterocycles. The summed E-state index contributed by atoms with van der Waals surface area (Å²) in [5, 5.41) is 0. The summed E-state index contributed by atoms with van der Waals surface area (Å²) < 4.78 is 5.64. The molecular formula is C22H34O2. The maximum Gasteiger partial charge on any atom is 0.303 e. The van der Waals surface area contributed by atoms with Crippen LogP contribution in [0.25, 0.3) is 0 Å². The highest BCUT2D eigenvalue weighted by Crippen LogP contribution is 2.27.